The summed E-state index contributed by atoms with van der Waals surface area (Å²) in [7, 11) is -1.45. The Morgan fingerprint density at radius 1 is 1.16 bits per heavy atom. The maximum Gasteiger partial charge on any atom is 0.463 e. The Hall–Kier alpha value is -0.410. The highest BCUT2D eigenvalue weighted by atomic mass is 31.2. The quantitative estimate of drug-likeness (QED) is 0.609. The molecule has 19 heavy (non-hydrogen) atoms. The van der Waals surface area contributed by atoms with Crippen LogP contribution in [0.25, 0.3) is 0 Å². The number of halogens is 5. The van der Waals surface area contributed by atoms with Crippen molar-refractivity contribution in [2.24, 2.45) is 4.52 Å². The number of hydrogen-bond donors (Lipinski definition) is 1. The van der Waals surface area contributed by atoms with Gasteiger partial charge in [-0.3, -0.25) is 0 Å². The molecule has 106 valence electrons. The third-order valence-corrected chi connectivity index (χ3v) is 4.42. The summed E-state index contributed by atoms with van der Waals surface area (Å²) < 4.78 is 69.4. The largest absolute Gasteiger partial charge is 0.463 e. The number of benzene rings is 1. The maximum absolute atomic E-state index is 12.7. The predicted octanol–water partition coefficient (Wildman–Crippen LogP) is 4.96. The molecule has 1 aromatic rings. The molecule has 0 aliphatic heterocycles. The Morgan fingerprint density at radius 3 is 2.21 bits per heavy atom. The van der Waals surface area contributed by atoms with Crippen molar-refractivity contribution in [2.75, 3.05) is 0 Å². The molecule has 0 amide bonds. The molecule has 0 saturated carbocycles. The summed E-state index contributed by atoms with van der Waals surface area (Å²) in [5.74, 6) is 0.317. The molecular weight excluding hydrogens is 328 g/mol. The SMILES string of the molecule is FC(F)(F)C(F)(F)P=NP(NP)Oc1ccccc1. The van der Waals surface area contributed by atoms with Gasteiger partial charge in [0.15, 0.2) is 0 Å². The zero-order valence-corrected chi connectivity index (χ0v) is 12.0. The van der Waals surface area contributed by atoms with Gasteiger partial charge in [-0.15, -0.1) is 0 Å². The van der Waals surface area contributed by atoms with Crippen molar-refractivity contribution in [1.82, 2.24) is 4.86 Å². The molecular formula is C8H8F5N2OP3. The van der Waals surface area contributed by atoms with Gasteiger partial charge in [-0.1, -0.05) is 27.6 Å². The molecule has 0 heterocycles. The summed E-state index contributed by atoms with van der Waals surface area (Å²) in [4.78, 5) is 2.36. The van der Waals surface area contributed by atoms with E-state index in [0.29, 0.717) is 5.75 Å². The zero-order valence-electron chi connectivity index (χ0n) is 9.10. The number of alkyl halides is 5. The minimum Gasteiger partial charge on any atom is -0.439 e. The average Bonchev–Trinajstić information content (AvgIpc) is 2.34. The fourth-order valence-corrected chi connectivity index (χ4v) is 3.04. The first kappa shape index (κ1) is 16.6. The number of rotatable bonds is 5. The van der Waals surface area contributed by atoms with Gasteiger partial charge in [-0.25, -0.2) is 4.86 Å². The van der Waals surface area contributed by atoms with Crippen LogP contribution in [0.1, 0.15) is 0 Å². The van der Waals surface area contributed by atoms with Crippen LogP contribution in [0.3, 0.4) is 0 Å². The van der Waals surface area contributed by atoms with Crippen molar-refractivity contribution in [3.63, 3.8) is 0 Å². The molecule has 0 bridgehead atoms. The van der Waals surface area contributed by atoms with E-state index < -0.39 is 28.7 Å². The van der Waals surface area contributed by atoms with E-state index in [1.54, 1.807) is 18.2 Å². The van der Waals surface area contributed by atoms with E-state index in [1.165, 1.54) is 12.1 Å². The Balaban J connectivity index is 2.72. The molecule has 11 heteroatoms. The predicted molar refractivity (Wildman–Crippen MR) is 67.2 cm³/mol. The van der Waals surface area contributed by atoms with Crippen molar-refractivity contribution < 1.29 is 26.5 Å². The molecule has 0 fully saturated rings. The topological polar surface area (TPSA) is 33.6 Å². The lowest BCUT2D eigenvalue weighted by Crippen LogP contribution is -2.30. The molecule has 0 spiro atoms. The van der Waals surface area contributed by atoms with Crippen molar-refractivity contribution >= 4 is 26.2 Å². The van der Waals surface area contributed by atoms with Crippen LogP contribution in [0.5, 0.6) is 5.75 Å². The lowest BCUT2D eigenvalue weighted by atomic mass is 10.3. The third kappa shape index (κ3) is 5.23. The van der Waals surface area contributed by atoms with Gasteiger partial charge in [-0.05, 0) is 12.1 Å². The van der Waals surface area contributed by atoms with Crippen molar-refractivity contribution in [3.05, 3.63) is 30.3 Å². The second-order valence-electron chi connectivity index (χ2n) is 3.03. The Morgan fingerprint density at radius 2 is 1.74 bits per heavy atom. The van der Waals surface area contributed by atoms with E-state index in [-0.39, 0.29) is 0 Å². The Kier molecular flexibility index (Phi) is 6.00. The number of hydrogen-bond acceptors (Lipinski definition) is 3. The molecule has 1 rings (SSSR count). The highest BCUT2D eigenvalue weighted by molar-refractivity contribution is 7.59. The fraction of sp³-hybridized carbons (Fsp3) is 0.250. The molecule has 0 radical (unpaired) electrons. The summed E-state index contributed by atoms with van der Waals surface area (Å²) in [6, 6.07) is 8.04. The van der Waals surface area contributed by atoms with Crippen LogP contribution in [-0.2, 0) is 0 Å². The smallest absolute Gasteiger partial charge is 0.439 e. The second kappa shape index (κ2) is 6.85. The monoisotopic (exact) mass is 336 g/mol. The summed E-state index contributed by atoms with van der Waals surface area (Å²) in [6.45, 7) is 0. The normalized spacial score (nSPS) is 14.6. The fourth-order valence-electron chi connectivity index (χ4n) is 0.805. The van der Waals surface area contributed by atoms with Crippen LogP contribution in [0.15, 0.2) is 34.8 Å². The van der Waals surface area contributed by atoms with Gasteiger partial charge in [0.1, 0.15) is 14.1 Å². The maximum atomic E-state index is 12.7. The van der Waals surface area contributed by atoms with Gasteiger partial charge in [-0.2, -0.15) is 26.5 Å². The molecule has 2 unspecified atom stereocenters. The first-order valence-electron chi connectivity index (χ1n) is 4.63. The Labute approximate surface area is 111 Å². The van der Waals surface area contributed by atoms with Crippen LogP contribution < -0.4 is 9.38 Å². The van der Waals surface area contributed by atoms with Crippen LogP contribution in [0.4, 0.5) is 22.0 Å². The highest BCUT2D eigenvalue weighted by Crippen LogP contribution is 2.49. The molecule has 0 aliphatic carbocycles. The van der Waals surface area contributed by atoms with Gasteiger partial charge in [0.05, 0.1) is 0 Å². The lowest BCUT2D eigenvalue weighted by molar-refractivity contribution is -0.238. The molecule has 3 nitrogen and oxygen atoms in total. The average molecular weight is 336 g/mol. The van der Waals surface area contributed by atoms with E-state index in [2.05, 4.69) is 9.37 Å². The number of para-hydroxylation sites is 1. The van der Waals surface area contributed by atoms with Crippen LogP contribution in [-0.4, -0.2) is 11.8 Å². The van der Waals surface area contributed by atoms with Crippen LogP contribution in [0.2, 0.25) is 0 Å². The van der Waals surface area contributed by atoms with Crippen LogP contribution in [0, 0.1) is 0 Å². The summed E-state index contributed by atoms with van der Waals surface area (Å²) in [6.07, 6.45) is -5.63. The van der Waals surface area contributed by atoms with Crippen LogP contribution >= 0.6 is 26.2 Å². The molecule has 0 saturated heterocycles. The van der Waals surface area contributed by atoms with E-state index in [4.69, 9.17) is 4.52 Å². The molecule has 1 N–H and O–H groups in total. The van der Waals surface area contributed by atoms with E-state index in [9.17, 15) is 22.0 Å². The van der Waals surface area contributed by atoms with Gasteiger partial charge in [0.2, 0.25) is 0 Å². The van der Waals surface area contributed by atoms with E-state index >= 15 is 0 Å². The molecule has 2 atom stereocenters. The molecule has 1 aromatic carbocycles. The van der Waals surface area contributed by atoms with Crippen molar-refractivity contribution in [2.45, 2.75) is 11.8 Å². The summed E-state index contributed by atoms with van der Waals surface area (Å²) in [5.41, 5.74) is -4.89. The van der Waals surface area contributed by atoms with Gasteiger partial charge in [0.25, 0.3) is 0 Å². The minimum atomic E-state index is -5.63. The molecule has 0 aliphatic rings. The lowest BCUT2D eigenvalue weighted by Gasteiger charge is -2.15. The molecule has 0 aromatic heterocycles. The third-order valence-electron chi connectivity index (χ3n) is 1.64. The minimum absolute atomic E-state index is 0.317. The second-order valence-corrected chi connectivity index (χ2v) is 6.27. The first-order chi connectivity index (χ1) is 8.76. The van der Waals surface area contributed by atoms with Gasteiger partial charge >= 0.3 is 20.3 Å². The van der Waals surface area contributed by atoms with Crippen molar-refractivity contribution in [1.29, 1.82) is 0 Å². The number of nitrogens with zero attached hydrogens (tertiary/aromatic N) is 1. The Bertz CT molecular complexity index is 428. The standard InChI is InChI=1S/C8H8F5N2OP3/c9-7(10,11)8(12,13)18-15-19(14-17)16-6-4-2-1-3-5-6/h1-5,14H,17H2. The van der Waals surface area contributed by atoms with E-state index in [1.807, 2.05) is 9.39 Å². The summed E-state index contributed by atoms with van der Waals surface area (Å²) in [5, 5.41) is 0. The highest BCUT2D eigenvalue weighted by Gasteiger charge is 2.57. The zero-order chi connectivity index (χ0) is 14.5. The summed E-state index contributed by atoms with van der Waals surface area (Å²) >= 11 is 0. The van der Waals surface area contributed by atoms with Crippen molar-refractivity contribution in [3.8, 4) is 5.75 Å². The van der Waals surface area contributed by atoms with E-state index in [0.717, 1.165) is 0 Å². The number of nitrogens with one attached hydrogen (secondary N) is 1. The van der Waals surface area contributed by atoms with Gasteiger partial charge in [0, 0.05) is 0 Å². The first-order valence-corrected chi connectivity index (χ1v) is 7.27. The van der Waals surface area contributed by atoms with Gasteiger partial charge < -0.3 is 4.52 Å².